The maximum absolute atomic E-state index is 11.2. The molecule has 0 atom stereocenters. The Bertz CT molecular complexity index is 1210. The van der Waals surface area contributed by atoms with E-state index < -0.39 is 10.9 Å². The lowest BCUT2D eigenvalue weighted by Gasteiger charge is -2.09. The predicted octanol–water partition coefficient (Wildman–Crippen LogP) is 4.58. The molecule has 2 N–H and O–H groups in total. The molecule has 0 radical (unpaired) electrons. The summed E-state index contributed by atoms with van der Waals surface area (Å²) < 4.78 is 0. The maximum atomic E-state index is 11.2. The summed E-state index contributed by atoms with van der Waals surface area (Å²) in [6, 6.07) is 17.4. The van der Waals surface area contributed by atoms with Crippen LogP contribution < -0.4 is 5.32 Å². The molecular formula is C20H14N4O4S. The van der Waals surface area contributed by atoms with Crippen molar-refractivity contribution in [3.63, 3.8) is 0 Å². The Morgan fingerprint density at radius 3 is 2.48 bits per heavy atom. The molecule has 8 nitrogen and oxygen atoms in total. The SMILES string of the molecule is O=C(O)c1ccc(-c2nc(NCc3ccccc3)c3cc([N+](=O)[O-])sc3n2)cc1. The van der Waals surface area contributed by atoms with Gasteiger partial charge < -0.3 is 10.4 Å². The highest BCUT2D eigenvalue weighted by molar-refractivity contribution is 7.21. The van der Waals surface area contributed by atoms with Gasteiger partial charge in [0.05, 0.1) is 15.9 Å². The molecule has 2 aromatic heterocycles. The van der Waals surface area contributed by atoms with Gasteiger partial charge in [0.15, 0.2) is 5.82 Å². The number of hydrogen-bond donors (Lipinski definition) is 2. The van der Waals surface area contributed by atoms with E-state index in [1.807, 2.05) is 30.3 Å². The summed E-state index contributed by atoms with van der Waals surface area (Å²) >= 11 is 0.974. The van der Waals surface area contributed by atoms with Gasteiger partial charge in [-0.25, -0.2) is 14.8 Å². The van der Waals surface area contributed by atoms with E-state index in [1.54, 1.807) is 12.1 Å². The van der Waals surface area contributed by atoms with Crippen LogP contribution in [0.25, 0.3) is 21.6 Å². The number of nitro groups is 1. The Labute approximate surface area is 168 Å². The average Bonchev–Trinajstić information content (AvgIpc) is 3.17. The van der Waals surface area contributed by atoms with Crippen LogP contribution in [0.4, 0.5) is 10.8 Å². The number of hydrogen-bond acceptors (Lipinski definition) is 7. The average molecular weight is 406 g/mol. The van der Waals surface area contributed by atoms with Gasteiger partial charge in [-0.2, -0.15) is 0 Å². The lowest BCUT2D eigenvalue weighted by molar-refractivity contribution is -0.380. The first kappa shape index (κ1) is 18.5. The number of carbonyl (C=O) groups is 1. The van der Waals surface area contributed by atoms with E-state index in [1.165, 1.54) is 18.2 Å². The van der Waals surface area contributed by atoms with Gasteiger partial charge in [0.25, 0.3) is 0 Å². The van der Waals surface area contributed by atoms with Crippen LogP contribution in [0.5, 0.6) is 0 Å². The second-order valence-electron chi connectivity index (χ2n) is 6.18. The van der Waals surface area contributed by atoms with Crippen molar-refractivity contribution < 1.29 is 14.8 Å². The van der Waals surface area contributed by atoms with Crippen molar-refractivity contribution >= 4 is 38.3 Å². The van der Waals surface area contributed by atoms with Crippen LogP contribution in [0.2, 0.25) is 0 Å². The molecule has 144 valence electrons. The molecule has 0 aliphatic heterocycles. The number of thiophene rings is 1. The number of nitrogens with one attached hydrogen (secondary N) is 1. The van der Waals surface area contributed by atoms with Gasteiger partial charge in [0.2, 0.25) is 0 Å². The number of benzene rings is 2. The lowest BCUT2D eigenvalue weighted by Crippen LogP contribution is -2.03. The fraction of sp³-hybridized carbons (Fsp3) is 0.0500. The van der Waals surface area contributed by atoms with Gasteiger partial charge >= 0.3 is 11.0 Å². The molecular weight excluding hydrogens is 392 g/mol. The summed E-state index contributed by atoms with van der Waals surface area (Å²) in [6.45, 7) is 0.494. The van der Waals surface area contributed by atoms with Crippen LogP contribution in [-0.4, -0.2) is 26.0 Å². The van der Waals surface area contributed by atoms with Crippen molar-refractivity contribution in [3.05, 3.63) is 81.9 Å². The zero-order valence-electron chi connectivity index (χ0n) is 14.9. The molecule has 0 bridgehead atoms. The summed E-state index contributed by atoms with van der Waals surface area (Å²) in [5.74, 6) is -0.172. The minimum absolute atomic E-state index is 0.0181. The second-order valence-corrected chi connectivity index (χ2v) is 7.19. The third-order valence-corrected chi connectivity index (χ3v) is 5.23. The van der Waals surface area contributed by atoms with Gasteiger partial charge in [-0.05, 0) is 29.0 Å². The van der Waals surface area contributed by atoms with Gasteiger partial charge in [-0.3, -0.25) is 10.1 Å². The smallest absolute Gasteiger partial charge is 0.335 e. The van der Waals surface area contributed by atoms with Crippen LogP contribution >= 0.6 is 11.3 Å². The number of rotatable bonds is 6. The number of carboxylic acids is 1. The molecule has 2 heterocycles. The Morgan fingerprint density at radius 2 is 1.83 bits per heavy atom. The molecule has 0 amide bonds. The van der Waals surface area contributed by atoms with E-state index in [-0.39, 0.29) is 10.6 Å². The molecule has 0 saturated carbocycles. The fourth-order valence-corrected chi connectivity index (χ4v) is 3.65. The number of aromatic nitrogens is 2. The van der Waals surface area contributed by atoms with Crippen LogP contribution in [0.3, 0.4) is 0 Å². The molecule has 2 aromatic carbocycles. The molecule has 4 rings (SSSR count). The minimum atomic E-state index is -1.02. The molecule has 0 aliphatic rings. The predicted molar refractivity (Wildman–Crippen MR) is 110 cm³/mol. The van der Waals surface area contributed by atoms with E-state index in [0.717, 1.165) is 16.9 Å². The zero-order valence-corrected chi connectivity index (χ0v) is 15.7. The van der Waals surface area contributed by atoms with Crippen molar-refractivity contribution in [1.29, 1.82) is 0 Å². The van der Waals surface area contributed by atoms with Crippen molar-refractivity contribution in [1.82, 2.24) is 9.97 Å². The maximum Gasteiger partial charge on any atom is 0.335 e. The Balaban J connectivity index is 1.76. The molecule has 4 aromatic rings. The Morgan fingerprint density at radius 1 is 1.10 bits per heavy atom. The zero-order chi connectivity index (χ0) is 20.4. The van der Waals surface area contributed by atoms with Crippen LogP contribution in [0.15, 0.2) is 60.7 Å². The summed E-state index contributed by atoms with van der Waals surface area (Å²) in [6.07, 6.45) is 0. The van der Waals surface area contributed by atoms with Crippen molar-refractivity contribution in [2.45, 2.75) is 6.54 Å². The number of fused-ring (bicyclic) bond motifs is 1. The standard InChI is InChI=1S/C20H14N4O4S/c25-20(26)14-8-6-13(7-9-14)17-22-18(21-11-12-4-2-1-3-5-12)15-10-16(24(27)28)29-19(15)23-17/h1-10H,11H2,(H,25,26)(H,21,22,23). The number of nitrogens with zero attached hydrogens (tertiary/aromatic N) is 3. The van der Waals surface area contributed by atoms with E-state index in [0.29, 0.717) is 34.0 Å². The monoisotopic (exact) mass is 406 g/mol. The van der Waals surface area contributed by atoms with Crippen LogP contribution in [-0.2, 0) is 6.54 Å². The van der Waals surface area contributed by atoms with Gasteiger partial charge in [0.1, 0.15) is 10.6 Å². The van der Waals surface area contributed by atoms with E-state index >= 15 is 0 Å². The van der Waals surface area contributed by atoms with Gasteiger partial charge in [-0.1, -0.05) is 42.5 Å². The molecule has 9 heteroatoms. The first-order chi connectivity index (χ1) is 14.0. The topological polar surface area (TPSA) is 118 Å². The summed E-state index contributed by atoms with van der Waals surface area (Å²) in [4.78, 5) is 31.3. The quantitative estimate of drug-likeness (QED) is 0.355. The van der Waals surface area contributed by atoms with Crippen molar-refractivity contribution in [2.24, 2.45) is 0 Å². The fourth-order valence-electron chi connectivity index (χ4n) is 2.81. The number of aromatic carboxylic acids is 1. The summed E-state index contributed by atoms with van der Waals surface area (Å²) in [7, 11) is 0. The van der Waals surface area contributed by atoms with E-state index in [9.17, 15) is 14.9 Å². The molecule has 29 heavy (non-hydrogen) atoms. The summed E-state index contributed by atoms with van der Waals surface area (Å²) in [5.41, 5.74) is 1.82. The molecule has 0 unspecified atom stereocenters. The minimum Gasteiger partial charge on any atom is -0.478 e. The van der Waals surface area contributed by atoms with Gasteiger partial charge in [-0.15, -0.1) is 0 Å². The highest BCUT2D eigenvalue weighted by Crippen LogP contribution is 2.35. The third kappa shape index (κ3) is 3.90. The molecule has 0 spiro atoms. The number of anilines is 1. The number of carboxylic acid groups (broad SMARTS) is 1. The molecule has 0 aliphatic carbocycles. The summed E-state index contributed by atoms with van der Waals surface area (Å²) in [5, 5.41) is 24.1. The van der Waals surface area contributed by atoms with Crippen molar-refractivity contribution in [2.75, 3.05) is 5.32 Å². The van der Waals surface area contributed by atoms with Crippen LogP contribution in [0.1, 0.15) is 15.9 Å². The highest BCUT2D eigenvalue weighted by Gasteiger charge is 2.18. The molecule has 0 saturated heterocycles. The molecule has 0 fully saturated rings. The van der Waals surface area contributed by atoms with E-state index in [2.05, 4.69) is 15.3 Å². The van der Waals surface area contributed by atoms with Crippen molar-refractivity contribution in [3.8, 4) is 11.4 Å². The van der Waals surface area contributed by atoms with E-state index in [4.69, 9.17) is 5.11 Å². The highest BCUT2D eigenvalue weighted by atomic mass is 32.1. The first-order valence-electron chi connectivity index (χ1n) is 8.59. The largest absolute Gasteiger partial charge is 0.478 e. The third-order valence-electron chi connectivity index (χ3n) is 4.25. The van der Waals surface area contributed by atoms with Gasteiger partial charge in [0, 0.05) is 18.2 Å². The Kier molecular flexibility index (Phi) is 4.88. The second kappa shape index (κ2) is 7.64. The first-order valence-corrected chi connectivity index (χ1v) is 9.40. The lowest BCUT2D eigenvalue weighted by atomic mass is 10.1. The Hall–Kier alpha value is -3.85. The van der Waals surface area contributed by atoms with Crippen LogP contribution in [0, 0.1) is 10.1 Å². The normalized spacial score (nSPS) is 10.8.